The molecule has 0 spiro atoms. The number of nitrogens with one attached hydrogen (secondary N) is 1. The molecular weight excluding hydrogens is 302 g/mol. The summed E-state index contributed by atoms with van der Waals surface area (Å²) >= 11 is 0. The second-order valence-electron chi connectivity index (χ2n) is 6.07. The van der Waals surface area contributed by atoms with Crippen LogP contribution in [-0.4, -0.2) is 54.7 Å². The summed E-state index contributed by atoms with van der Waals surface area (Å²) < 4.78 is 5.47. The molecule has 1 aliphatic heterocycles. The highest BCUT2D eigenvalue weighted by Crippen LogP contribution is 2.21. The van der Waals surface area contributed by atoms with Gasteiger partial charge >= 0.3 is 0 Å². The third-order valence-electron chi connectivity index (χ3n) is 4.07. The van der Waals surface area contributed by atoms with Crippen LogP contribution in [0, 0.1) is 6.92 Å². The number of aryl methyl sites for hydroxylation is 1. The van der Waals surface area contributed by atoms with Crippen molar-refractivity contribution in [3.05, 3.63) is 36.0 Å². The van der Waals surface area contributed by atoms with E-state index in [2.05, 4.69) is 27.1 Å². The van der Waals surface area contributed by atoms with Gasteiger partial charge in [0, 0.05) is 43.6 Å². The Balaban J connectivity index is 1.73. The van der Waals surface area contributed by atoms with Gasteiger partial charge in [-0.2, -0.15) is 4.98 Å². The first-order valence-electron chi connectivity index (χ1n) is 8.43. The van der Waals surface area contributed by atoms with Crippen LogP contribution >= 0.6 is 0 Å². The van der Waals surface area contributed by atoms with Crippen molar-refractivity contribution in [2.75, 3.05) is 50.1 Å². The van der Waals surface area contributed by atoms with E-state index < -0.39 is 0 Å². The highest BCUT2D eigenvalue weighted by atomic mass is 16.5. The third-order valence-corrected chi connectivity index (χ3v) is 4.07. The Bertz CT molecular complexity index is 666. The molecule has 128 valence electrons. The second kappa shape index (κ2) is 7.49. The molecule has 6 heteroatoms. The fraction of sp³-hybridized carbons (Fsp3) is 0.444. The number of ether oxygens (including phenoxy) is 1. The molecule has 1 aliphatic rings. The van der Waals surface area contributed by atoms with Crippen LogP contribution in [0.25, 0.3) is 0 Å². The molecule has 2 heterocycles. The molecule has 1 saturated heterocycles. The zero-order valence-electron chi connectivity index (χ0n) is 14.6. The number of aromatic nitrogens is 2. The summed E-state index contributed by atoms with van der Waals surface area (Å²) in [7, 11) is 2.15. The molecule has 0 unspecified atom stereocenters. The Labute approximate surface area is 143 Å². The van der Waals surface area contributed by atoms with E-state index in [0.717, 1.165) is 55.1 Å². The lowest BCUT2D eigenvalue weighted by molar-refractivity contribution is 0.311. The molecule has 1 fully saturated rings. The van der Waals surface area contributed by atoms with Gasteiger partial charge < -0.3 is 19.9 Å². The van der Waals surface area contributed by atoms with E-state index in [-0.39, 0.29) is 0 Å². The molecule has 0 radical (unpaired) electrons. The molecule has 1 N–H and O–H groups in total. The van der Waals surface area contributed by atoms with Crippen LogP contribution < -0.4 is 15.0 Å². The number of anilines is 3. The zero-order chi connectivity index (χ0) is 16.9. The fourth-order valence-corrected chi connectivity index (χ4v) is 2.71. The Morgan fingerprint density at radius 2 is 1.79 bits per heavy atom. The minimum atomic E-state index is 0.673. The Kier molecular flexibility index (Phi) is 5.15. The van der Waals surface area contributed by atoms with Crippen LogP contribution in [0.1, 0.15) is 12.6 Å². The van der Waals surface area contributed by atoms with Gasteiger partial charge in [0.15, 0.2) is 0 Å². The molecule has 0 atom stereocenters. The summed E-state index contributed by atoms with van der Waals surface area (Å²) in [5, 5.41) is 3.36. The minimum absolute atomic E-state index is 0.673. The lowest BCUT2D eigenvalue weighted by Gasteiger charge is -2.32. The molecule has 2 aromatic rings. The van der Waals surface area contributed by atoms with Crippen LogP contribution in [0.15, 0.2) is 30.3 Å². The van der Waals surface area contributed by atoms with Crippen molar-refractivity contribution >= 4 is 17.5 Å². The van der Waals surface area contributed by atoms with Crippen molar-refractivity contribution in [3.63, 3.8) is 0 Å². The lowest BCUT2D eigenvalue weighted by Crippen LogP contribution is -2.45. The largest absolute Gasteiger partial charge is 0.494 e. The molecular formula is C18H25N5O. The first-order valence-corrected chi connectivity index (χ1v) is 8.43. The number of hydrogen-bond acceptors (Lipinski definition) is 6. The normalized spacial score (nSPS) is 15.4. The standard InChI is InChI=1S/C18H25N5O/c1-4-24-16-7-5-15(6-8-16)20-17-13-14(2)19-18(21-17)23-11-9-22(3)10-12-23/h5-8,13H,4,9-12H2,1-3H3,(H,19,20,21). The van der Waals surface area contributed by atoms with Crippen LogP contribution in [0.5, 0.6) is 5.75 Å². The number of hydrogen-bond donors (Lipinski definition) is 1. The van der Waals surface area contributed by atoms with E-state index in [1.807, 2.05) is 44.2 Å². The molecule has 0 aliphatic carbocycles. The SMILES string of the molecule is CCOc1ccc(Nc2cc(C)nc(N3CCN(C)CC3)n2)cc1. The predicted molar refractivity (Wildman–Crippen MR) is 97.4 cm³/mol. The maximum atomic E-state index is 5.47. The Morgan fingerprint density at radius 1 is 1.08 bits per heavy atom. The van der Waals surface area contributed by atoms with Gasteiger partial charge in [-0.3, -0.25) is 0 Å². The molecule has 1 aromatic carbocycles. The minimum Gasteiger partial charge on any atom is -0.494 e. The van der Waals surface area contributed by atoms with Gasteiger partial charge in [-0.25, -0.2) is 4.98 Å². The van der Waals surface area contributed by atoms with Gasteiger partial charge in [-0.15, -0.1) is 0 Å². The van der Waals surface area contributed by atoms with Crippen molar-refractivity contribution in [2.45, 2.75) is 13.8 Å². The quantitative estimate of drug-likeness (QED) is 0.911. The molecule has 1 aromatic heterocycles. The average molecular weight is 327 g/mol. The maximum Gasteiger partial charge on any atom is 0.227 e. The number of benzene rings is 1. The number of nitrogens with zero attached hydrogens (tertiary/aromatic N) is 4. The maximum absolute atomic E-state index is 5.47. The molecule has 24 heavy (non-hydrogen) atoms. The Hall–Kier alpha value is -2.34. The van der Waals surface area contributed by atoms with Crippen LogP contribution in [-0.2, 0) is 0 Å². The van der Waals surface area contributed by atoms with Gasteiger partial charge in [0.1, 0.15) is 11.6 Å². The molecule has 0 bridgehead atoms. The number of rotatable bonds is 5. The third kappa shape index (κ3) is 4.14. The smallest absolute Gasteiger partial charge is 0.227 e. The van der Waals surface area contributed by atoms with Crippen molar-refractivity contribution < 1.29 is 4.74 Å². The summed E-state index contributed by atoms with van der Waals surface area (Å²) in [4.78, 5) is 13.9. The van der Waals surface area contributed by atoms with E-state index in [4.69, 9.17) is 9.72 Å². The van der Waals surface area contributed by atoms with Gasteiger partial charge in [0.25, 0.3) is 0 Å². The van der Waals surface area contributed by atoms with Gasteiger partial charge in [-0.05, 0) is 45.2 Å². The highest BCUT2D eigenvalue weighted by Gasteiger charge is 2.17. The van der Waals surface area contributed by atoms with Crippen molar-refractivity contribution in [1.29, 1.82) is 0 Å². The van der Waals surface area contributed by atoms with Gasteiger partial charge in [-0.1, -0.05) is 0 Å². The summed E-state index contributed by atoms with van der Waals surface area (Å²) in [5.41, 5.74) is 1.95. The van der Waals surface area contributed by atoms with Crippen LogP contribution in [0.3, 0.4) is 0 Å². The van der Waals surface area contributed by atoms with Crippen LogP contribution in [0.4, 0.5) is 17.5 Å². The van der Waals surface area contributed by atoms with Crippen LogP contribution in [0.2, 0.25) is 0 Å². The molecule has 3 rings (SSSR count). The molecule has 6 nitrogen and oxygen atoms in total. The van der Waals surface area contributed by atoms with Crippen molar-refractivity contribution in [3.8, 4) is 5.75 Å². The first kappa shape index (κ1) is 16.5. The van der Waals surface area contributed by atoms with E-state index in [1.54, 1.807) is 0 Å². The lowest BCUT2D eigenvalue weighted by atomic mass is 10.3. The second-order valence-corrected chi connectivity index (χ2v) is 6.07. The summed E-state index contributed by atoms with van der Waals surface area (Å²) in [6.45, 7) is 8.66. The van der Waals surface area contributed by atoms with E-state index in [1.165, 1.54) is 0 Å². The monoisotopic (exact) mass is 327 g/mol. The summed E-state index contributed by atoms with van der Waals surface area (Å²) in [5.74, 6) is 2.50. The molecule has 0 saturated carbocycles. The highest BCUT2D eigenvalue weighted by molar-refractivity contribution is 5.58. The average Bonchev–Trinajstić information content (AvgIpc) is 2.57. The molecule has 0 amide bonds. The fourth-order valence-electron chi connectivity index (χ4n) is 2.71. The first-order chi connectivity index (χ1) is 11.6. The van der Waals surface area contributed by atoms with E-state index in [0.29, 0.717) is 6.61 Å². The van der Waals surface area contributed by atoms with Crippen molar-refractivity contribution in [1.82, 2.24) is 14.9 Å². The number of piperazine rings is 1. The van der Waals surface area contributed by atoms with Crippen molar-refractivity contribution in [2.24, 2.45) is 0 Å². The van der Waals surface area contributed by atoms with E-state index >= 15 is 0 Å². The van der Waals surface area contributed by atoms with Gasteiger partial charge in [0.2, 0.25) is 5.95 Å². The number of likely N-dealkylation sites (N-methyl/N-ethyl adjacent to an activating group) is 1. The van der Waals surface area contributed by atoms with E-state index in [9.17, 15) is 0 Å². The van der Waals surface area contributed by atoms with Gasteiger partial charge in [0.05, 0.1) is 6.61 Å². The zero-order valence-corrected chi connectivity index (χ0v) is 14.6. The summed E-state index contributed by atoms with van der Waals surface area (Å²) in [6.07, 6.45) is 0. The predicted octanol–water partition coefficient (Wildman–Crippen LogP) is 2.68. The Morgan fingerprint density at radius 3 is 2.46 bits per heavy atom. The topological polar surface area (TPSA) is 53.5 Å². The summed E-state index contributed by atoms with van der Waals surface area (Å²) in [6, 6.07) is 9.88.